The van der Waals surface area contributed by atoms with E-state index < -0.39 is 0 Å². The molecular formula is C20H28N2O3. The third kappa shape index (κ3) is 4.21. The summed E-state index contributed by atoms with van der Waals surface area (Å²) in [6.45, 7) is 1.84. The van der Waals surface area contributed by atoms with Gasteiger partial charge >= 0.3 is 5.97 Å². The zero-order valence-corrected chi connectivity index (χ0v) is 15.1. The first-order valence-electron chi connectivity index (χ1n) is 9.20. The molecule has 1 saturated carbocycles. The highest BCUT2D eigenvalue weighted by Gasteiger charge is 2.36. The zero-order valence-electron chi connectivity index (χ0n) is 15.1. The second-order valence-electron chi connectivity index (χ2n) is 7.43. The molecule has 1 N–H and O–H groups in total. The number of nitrogens with zero attached hydrogens (tertiary/aromatic N) is 1. The predicted octanol–water partition coefficient (Wildman–Crippen LogP) is 2.18. The normalized spacial score (nSPS) is 30.0. The molecule has 2 aliphatic rings. The van der Waals surface area contributed by atoms with Gasteiger partial charge in [0.25, 0.3) is 0 Å². The van der Waals surface area contributed by atoms with Gasteiger partial charge < -0.3 is 15.0 Å². The number of rotatable bonds is 4. The number of ether oxygens (including phenoxy) is 1. The summed E-state index contributed by atoms with van der Waals surface area (Å²) in [4.78, 5) is 26.6. The number of hydrogen-bond donors (Lipinski definition) is 1. The Labute approximate surface area is 149 Å². The molecule has 1 aromatic rings. The van der Waals surface area contributed by atoms with Gasteiger partial charge in [-0.25, -0.2) is 0 Å². The fourth-order valence-electron chi connectivity index (χ4n) is 4.24. The molecule has 0 aromatic heterocycles. The lowest BCUT2D eigenvalue weighted by Gasteiger charge is -2.28. The van der Waals surface area contributed by atoms with Crippen molar-refractivity contribution in [3.05, 3.63) is 35.9 Å². The Balaban J connectivity index is 1.58. The van der Waals surface area contributed by atoms with Crippen molar-refractivity contribution in [3.8, 4) is 0 Å². The van der Waals surface area contributed by atoms with Crippen LogP contribution in [0.1, 0.15) is 37.2 Å². The number of carbonyl (C=O) groups is 2. The van der Waals surface area contributed by atoms with Crippen LogP contribution in [0.3, 0.4) is 0 Å². The van der Waals surface area contributed by atoms with Gasteiger partial charge in [0.15, 0.2) is 0 Å². The summed E-state index contributed by atoms with van der Waals surface area (Å²) < 4.78 is 4.82. The van der Waals surface area contributed by atoms with Crippen molar-refractivity contribution in [1.29, 1.82) is 0 Å². The van der Waals surface area contributed by atoms with Crippen LogP contribution in [-0.2, 0) is 14.3 Å². The van der Waals surface area contributed by atoms with Crippen LogP contribution in [0.4, 0.5) is 0 Å². The maximum absolute atomic E-state index is 12.7. The van der Waals surface area contributed by atoms with Gasteiger partial charge in [-0.05, 0) is 38.3 Å². The highest BCUT2D eigenvalue weighted by Crippen LogP contribution is 2.31. The third-order valence-corrected chi connectivity index (χ3v) is 5.69. The Morgan fingerprint density at radius 1 is 1.04 bits per heavy atom. The molecule has 25 heavy (non-hydrogen) atoms. The lowest BCUT2D eigenvalue weighted by molar-refractivity contribution is -0.147. The number of methoxy groups -OCH3 is 1. The Morgan fingerprint density at radius 3 is 2.32 bits per heavy atom. The van der Waals surface area contributed by atoms with E-state index in [1.807, 2.05) is 6.07 Å². The summed E-state index contributed by atoms with van der Waals surface area (Å²) in [7, 11) is 3.53. The lowest BCUT2D eigenvalue weighted by atomic mass is 9.81. The highest BCUT2D eigenvalue weighted by molar-refractivity contribution is 5.80. The first kappa shape index (κ1) is 17.9. The van der Waals surface area contributed by atoms with Crippen LogP contribution in [0, 0.1) is 11.8 Å². The fraction of sp³-hybridized carbons (Fsp3) is 0.600. The number of carbonyl (C=O) groups excluding carboxylic acids is 2. The number of likely N-dealkylation sites (N-methyl/N-ethyl adjacent to an activating group) is 1. The monoisotopic (exact) mass is 344 g/mol. The SMILES string of the molecule is COC(=O)C1CCC(C(=O)N[C@@H]2CN(C)C[C@@H]2c2ccccc2)CC1. The molecule has 5 heteroatoms. The van der Waals surface area contributed by atoms with E-state index in [1.54, 1.807) is 0 Å². The van der Waals surface area contributed by atoms with E-state index in [9.17, 15) is 9.59 Å². The van der Waals surface area contributed by atoms with Crippen molar-refractivity contribution < 1.29 is 14.3 Å². The molecule has 0 unspecified atom stereocenters. The van der Waals surface area contributed by atoms with Gasteiger partial charge in [0.05, 0.1) is 13.0 Å². The number of nitrogens with one attached hydrogen (secondary N) is 1. The van der Waals surface area contributed by atoms with Crippen LogP contribution >= 0.6 is 0 Å². The Bertz CT molecular complexity index is 596. The first-order valence-corrected chi connectivity index (χ1v) is 9.20. The van der Waals surface area contributed by atoms with Crippen molar-refractivity contribution in [2.75, 3.05) is 27.2 Å². The third-order valence-electron chi connectivity index (χ3n) is 5.69. The van der Waals surface area contributed by atoms with Crippen molar-refractivity contribution in [2.45, 2.75) is 37.6 Å². The molecule has 136 valence electrons. The molecule has 0 radical (unpaired) electrons. The minimum absolute atomic E-state index is 0.0169. The van der Waals surface area contributed by atoms with Crippen molar-refractivity contribution in [1.82, 2.24) is 10.2 Å². The second-order valence-corrected chi connectivity index (χ2v) is 7.43. The Kier molecular flexibility index (Phi) is 5.74. The first-order chi connectivity index (χ1) is 12.1. The summed E-state index contributed by atoms with van der Waals surface area (Å²) in [5, 5.41) is 3.29. The molecule has 1 heterocycles. The van der Waals surface area contributed by atoms with E-state index in [1.165, 1.54) is 12.7 Å². The van der Waals surface area contributed by atoms with Gasteiger partial charge in [-0.15, -0.1) is 0 Å². The fourth-order valence-corrected chi connectivity index (χ4v) is 4.24. The van der Waals surface area contributed by atoms with Crippen LogP contribution in [0.15, 0.2) is 30.3 Å². The summed E-state index contributed by atoms with van der Waals surface area (Å²) >= 11 is 0. The van der Waals surface area contributed by atoms with Gasteiger partial charge in [-0.2, -0.15) is 0 Å². The van der Waals surface area contributed by atoms with Gasteiger partial charge in [0.2, 0.25) is 5.91 Å². The molecule has 2 atom stereocenters. The van der Waals surface area contributed by atoms with Crippen molar-refractivity contribution >= 4 is 11.9 Å². The summed E-state index contributed by atoms with van der Waals surface area (Å²) in [6, 6.07) is 10.6. The molecule has 2 fully saturated rings. The highest BCUT2D eigenvalue weighted by atomic mass is 16.5. The maximum Gasteiger partial charge on any atom is 0.308 e. The van der Waals surface area contributed by atoms with Crippen LogP contribution in [-0.4, -0.2) is 50.1 Å². The van der Waals surface area contributed by atoms with Gasteiger partial charge in [0.1, 0.15) is 0 Å². The summed E-state index contributed by atoms with van der Waals surface area (Å²) in [5.41, 5.74) is 1.28. The van der Waals surface area contributed by atoms with Crippen LogP contribution < -0.4 is 5.32 Å². The van der Waals surface area contributed by atoms with Crippen LogP contribution in [0.5, 0.6) is 0 Å². The molecular weight excluding hydrogens is 316 g/mol. The summed E-state index contributed by atoms with van der Waals surface area (Å²) in [6.07, 6.45) is 3.03. The van der Waals surface area contributed by atoms with Gasteiger partial charge in [0, 0.05) is 31.0 Å². The molecule has 1 aromatic carbocycles. The number of amides is 1. The number of benzene rings is 1. The van der Waals surface area contributed by atoms with Crippen molar-refractivity contribution in [2.24, 2.45) is 11.8 Å². The minimum atomic E-state index is -0.139. The molecule has 5 nitrogen and oxygen atoms in total. The second kappa shape index (κ2) is 8.00. The molecule has 1 aliphatic heterocycles. The predicted molar refractivity (Wildman–Crippen MR) is 96.1 cm³/mol. The molecule has 3 rings (SSSR count). The maximum atomic E-state index is 12.7. The largest absolute Gasteiger partial charge is 0.469 e. The smallest absolute Gasteiger partial charge is 0.308 e. The topological polar surface area (TPSA) is 58.6 Å². The zero-order chi connectivity index (χ0) is 17.8. The van der Waals surface area contributed by atoms with Gasteiger partial charge in [-0.3, -0.25) is 9.59 Å². The van der Waals surface area contributed by atoms with E-state index >= 15 is 0 Å². The lowest BCUT2D eigenvalue weighted by Crippen LogP contribution is -2.43. The average molecular weight is 344 g/mol. The Morgan fingerprint density at radius 2 is 1.68 bits per heavy atom. The van der Waals surface area contributed by atoms with Crippen LogP contribution in [0.25, 0.3) is 0 Å². The molecule has 1 aliphatic carbocycles. The molecule has 1 amide bonds. The molecule has 1 saturated heterocycles. The molecule has 0 spiro atoms. The van der Waals surface area contributed by atoms with Crippen LogP contribution in [0.2, 0.25) is 0 Å². The summed E-state index contributed by atoms with van der Waals surface area (Å²) in [5.74, 6) is 0.318. The molecule has 0 bridgehead atoms. The average Bonchev–Trinajstić information content (AvgIpc) is 3.02. The number of hydrogen-bond acceptors (Lipinski definition) is 4. The minimum Gasteiger partial charge on any atom is -0.469 e. The van der Waals surface area contributed by atoms with E-state index in [0.717, 1.165) is 38.8 Å². The van der Waals surface area contributed by atoms with E-state index in [0.29, 0.717) is 5.92 Å². The van der Waals surface area contributed by atoms with E-state index in [2.05, 4.69) is 41.5 Å². The standard InChI is InChI=1S/C20H28N2O3/c1-22-12-17(14-6-4-3-5-7-14)18(13-22)21-19(23)15-8-10-16(11-9-15)20(24)25-2/h3-7,15-18H,8-13H2,1-2H3,(H,21,23)/t15?,16?,17-,18-/m1/s1. The van der Waals surface area contributed by atoms with E-state index in [-0.39, 0.29) is 29.8 Å². The van der Waals surface area contributed by atoms with Gasteiger partial charge in [-0.1, -0.05) is 30.3 Å². The van der Waals surface area contributed by atoms with Crippen molar-refractivity contribution in [3.63, 3.8) is 0 Å². The quantitative estimate of drug-likeness (QED) is 0.851. The number of esters is 1. The van der Waals surface area contributed by atoms with E-state index in [4.69, 9.17) is 4.74 Å². The number of likely N-dealkylation sites (tertiary alicyclic amines) is 1. The Hall–Kier alpha value is -1.88.